The van der Waals surface area contributed by atoms with Crippen LogP contribution in [0.25, 0.3) is 11.6 Å². The molecule has 0 atom stereocenters. The predicted octanol–water partition coefficient (Wildman–Crippen LogP) is 3.34. The molecule has 1 N–H and O–H groups in total. The van der Waals surface area contributed by atoms with Crippen LogP contribution in [0.2, 0.25) is 0 Å². The van der Waals surface area contributed by atoms with Crippen LogP contribution >= 0.6 is 0 Å². The predicted molar refractivity (Wildman–Crippen MR) is 89.3 cm³/mol. The van der Waals surface area contributed by atoms with E-state index in [1.165, 1.54) is 0 Å². The van der Waals surface area contributed by atoms with Gasteiger partial charge in [0.05, 0.1) is 5.41 Å². The summed E-state index contributed by atoms with van der Waals surface area (Å²) in [7, 11) is 0. The van der Waals surface area contributed by atoms with E-state index in [0.717, 1.165) is 34.7 Å². The van der Waals surface area contributed by atoms with Crippen LogP contribution < -0.4 is 0 Å². The molecule has 9 heteroatoms. The minimum Gasteiger partial charge on any atom is -0.480 e. The van der Waals surface area contributed by atoms with Gasteiger partial charge >= 0.3 is 5.97 Å². The Morgan fingerprint density at radius 2 is 2.11 bits per heavy atom. The highest BCUT2D eigenvalue weighted by atomic mass is 19.3. The molecule has 1 saturated carbocycles. The van der Waals surface area contributed by atoms with Crippen molar-refractivity contribution in [3.05, 3.63) is 53.0 Å². The second-order valence-electron chi connectivity index (χ2n) is 6.63. The second kappa shape index (κ2) is 6.26. The van der Waals surface area contributed by atoms with Gasteiger partial charge in [0.2, 0.25) is 0 Å². The van der Waals surface area contributed by atoms with Crippen molar-refractivity contribution in [3.63, 3.8) is 0 Å². The molecule has 0 radical (unpaired) electrons. The van der Waals surface area contributed by atoms with Gasteiger partial charge in [0.15, 0.2) is 11.5 Å². The molecule has 0 saturated heterocycles. The van der Waals surface area contributed by atoms with E-state index in [1.54, 1.807) is 0 Å². The van der Waals surface area contributed by atoms with Gasteiger partial charge in [0.25, 0.3) is 12.3 Å². The van der Waals surface area contributed by atoms with Crippen LogP contribution in [0.4, 0.5) is 8.78 Å². The van der Waals surface area contributed by atoms with E-state index in [2.05, 4.69) is 15.2 Å². The molecule has 2 heterocycles. The SMILES string of the molecule is Cc1ccccc1C1(c2noc(-c3cc(C(F)F)n(CC(=O)O)n3)n2)CC1. The van der Waals surface area contributed by atoms with Crippen LogP contribution in [-0.4, -0.2) is 31.0 Å². The molecule has 0 bridgehead atoms. The summed E-state index contributed by atoms with van der Waals surface area (Å²) in [6, 6.07) is 9.02. The number of aliphatic carboxylic acids is 1. The molecule has 7 nitrogen and oxygen atoms in total. The van der Waals surface area contributed by atoms with Gasteiger partial charge in [0, 0.05) is 0 Å². The number of nitrogens with zero attached hydrogens (tertiary/aromatic N) is 4. The maximum atomic E-state index is 13.2. The van der Waals surface area contributed by atoms with Crippen molar-refractivity contribution < 1.29 is 23.2 Å². The van der Waals surface area contributed by atoms with Crippen LogP contribution in [0.15, 0.2) is 34.9 Å². The molecule has 1 aromatic carbocycles. The van der Waals surface area contributed by atoms with E-state index < -0.39 is 24.6 Å². The Balaban J connectivity index is 1.70. The fraction of sp³-hybridized carbons (Fsp3) is 0.333. The number of carboxylic acids is 1. The summed E-state index contributed by atoms with van der Waals surface area (Å²) in [5, 5.41) is 16.8. The number of hydrogen-bond donors (Lipinski definition) is 1. The smallest absolute Gasteiger partial charge is 0.325 e. The first kappa shape index (κ1) is 17.3. The molecular weight excluding hydrogens is 358 g/mol. The van der Waals surface area contributed by atoms with E-state index in [4.69, 9.17) is 9.63 Å². The highest BCUT2D eigenvalue weighted by molar-refractivity contribution is 5.66. The largest absolute Gasteiger partial charge is 0.480 e. The van der Waals surface area contributed by atoms with E-state index in [9.17, 15) is 13.6 Å². The molecule has 4 rings (SSSR count). The van der Waals surface area contributed by atoms with Crippen LogP contribution in [0.3, 0.4) is 0 Å². The Hall–Kier alpha value is -3.10. The van der Waals surface area contributed by atoms with Gasteiger partial charge in [-0.05, 0) is 37.0 Å². The summed E-state index contributed by atoms with van der Waals surface area (Å²) >= 11 is 0. The Bertz CT molecular complexity index is 1010. The van der Waals surface area contributed by atoms with E-state index >= 15 is 0 Å². The molecule has 0 unspecified atom stereocenters. The lowest BCUT2D eigenvalue weighted by atomic mass is 9.91. The maximum absolute atomic E-state index is 13.2. The lowest BCUT2D eigenvalue weighted by Crippen LogP contribution is -2.13. The first-order valence-corrected chi connectivity index (χ1v) is 8.39. The molecule has 3 aromatic rings. The second-order valence-corrected chi connectivity index (χ2v) is 6.63. The van der Waals surface area contributed by atoms with Crippen LogP contribution in [0.5, 0.6) is 0 Å². The highest BCUT2D eigenvalue weighted by Gasteiger charge is 2.50. The number of carboxylic acid groups (broad SMARTS) is 1. The summed E-state index contributed by atoms with van der Waals surface area (Å²) in [6.45, 7) is 1.34. The third-order valence-corrected chi connectivity index (χ3v) is 4.80. The first-order valence-electron chi connectivity index (χ1n) is 8.39. The molecule has 1 aliphatic rings. The Morgan fingerprint density at radius 1 is 1.37 bits per heavy atom. The molecule has 27 heavy (non-hydrogen) atoms. The lowest BCUT2D eigenvalue weighted by molar-refractivity contribution is -0.138. The quantitative estimate of drug-likeness (QED) is 0.711. The number of rotatable bonds is 6. The maximum Gasteiger partial charge on any atom is 0.325 e. The molecular formula is C18H16F2N4O3. The van der Waals surface area contributed by atoms with Gasteiger partial charge in [-0.2, -0.15) is 10.1 Å². The monoisotopic (exact) mass is 374 g/mol. The summed E-state index contributed by atoms with van der Waals surface area (Å²) in [5.41, 5.74) is 1.43. The van der Waals surface area contributed by atoms with Crippen molar-refractivity contribution in [2.45, 2.75) is 38.2 Å². The molecule has 0 amide bonds. The minimum absolute atomic E-state index is 0.00380. The van der Waals surface area contributed by atoms with Crippen molar-refractivity contribution in [2.75, 3.05) is 0 Å². The molecule has 0 spiro atoms. The average Bonchev–Trinajstić information content (AvgIpc) is 3.07. The van der Waals surface area contributed by atoms with Crippen LogP contribution in [-0.2, 0) is 16.8 Å². The number of aromatic nitrogens is 4. The van der Waals surface area contributed by atoms with Gasteiger partial charge in [0.1, 0.15) is 12.2 Å². The van der Waals surface area contributed by atoms with Crippen molar-refractivity contribution >= 4 is 5.97 Å². The van der Waals surface area contributed by atoms with Crippen molar-refractivity contribution in [3.8, 4) is 11.6 Å². The van der Waals surface area contributed by atoms with E-state index in [-0.39, 0.29) is 17.0 Å². The Morgan fingerprint density at radius 3 is 2.74 bits per heavy atom. The average molecular weight is 374 g/mol. The molecule has 2 aromatic heterocycles. The van der Waals surface area contributed by atoms with Gasteiger partial charge in [-0.25, -0.2) is 8.78 Å². The highest BCUT2D eigenvalue weighted by Crippen LogP contribution is 2.53. The van der Waals surface area contributed by atoms with Crippen LogP contribution in [0, 0.1) is 6.92 Å². The summed E-state index contributed by atoms with van der Waals surface area (Å²) in [4.78, 5) is 15.2. The topological polar surface area (TPSA) is 94.0 Å². The standard InChI is InChI=1S/C18H16F2N4O3/c1-10-4-2-3-5-11(10)18(6-7-18)17-21-16(27-23-17)12-8-13(15(19)20)24(22-12)9-14(25)26/h2-5,8,15H,6-7,9H2,1H3,(H,25,26). The molecule has 1 aliphatic carbocycles. The number of carbonyl (C=O) groups is 1. The van der Waals surface area contributed by atoms with Crippen molar-refractivity contribution in [1.82, 2.24) is 19.9 Å². The normalized spacial score (nSPS) is 15.3. The van der Waals surface area contributed by atoms with Gasteiger partial charge in [-0.15, -0.1) is 0 Å². The lowest BCUT2D eigenvalue weighted by Gasteiger charge is -2.13. The minimum atomic E-state index is -2.87. The van der Waals surface area contributed by atoms with Crippen molar-refractivity contribution in [2.24, 2.45) is 0 Å². The van der Waals surface area contributed by atoms with E-state index in [0.29, 0.717) is 5.82 Å². The number of alkyl halides is 2. The zero-order valence-electron chi connectivity index (χ0n) is 14.4. The third kappa shape index (κ3) is 2.98. The molecule has 140 valence electrons. The van der Waals surface area contributed by atoms with Crippen LogP contribution in [0.1, 0.15) is 41.9 Å². The zero-order chi connectivity index (χ0) is 19.2. The molecule has 1 fully saturated rings. The van der Waals surface area contributed by atoms with Gasteiger partial charge in [-0.3, -0.25) is 9.48 Å². The number of halogens is 2. The number of aryl methyl sites for hydroxylation is 1. The Kier molecular flexibility index (Phi) is 4.01. The van der Waals surface area contributed by atoms with Gasteiger partial charge in [-0.1, -0.05) is 29.4 Å². The van der Waals surface area contributed by atoms with E-state index in [1.807, 2.05) is 31.2 Å². The fourth-order valence-corrected chi connectivity index (χ4v) is 3.34. The summed E-state index contributed by atoms with van der Waals surface area (Å²) in [6.07, 6.45) is -1.13. The third-order valence-electron chi connectivity index (χ3n) is 4.80. The number of hydrogen-bond acceptors (Lipinski definition) is 5. The summed E-state index contributed by atoms with van der Waals surface area (Å²) in [5.74, 6) is -0.789. The molecule has 0 aliphatic heterocycles. The Labute approximate surface area is 152 Å². The van der Waals surface area contributed by atoms with Gasteiger partial charge < -0.3 is 9.63 Å². The van der Waals surface area contributed by atoms with Crippen molar-refractivity contribution in [1.29, 1.82) is 0 Å². The first-order chi connectivity index (χ1) is 12.9. The fourth-order valence-electron chi connectivity index (χ4n) is 3.34. The summed E-state index contributed by atoms with van der Waals surface area (Å²) < 4.78 is 32.3. The number of benzene rings is 1. The zero-order valence-corrected chi connectivity index (χ0v) is 14.4.